The average Bonchev–Trinajstić information content (AvgIpc) is 2.38. The van der Waals surface area contributed by atoms with Gasteiger partial charge in [0.05, 0.1) is 12.5 Å². The van der Waals surface area contributed by atoms with Crippen molar-refractivity contribution >= 4 is 17.6 Å². The van der Waals surface area contributed by atoms with Crippen molar-refractivity contribution in [2.45, 2.75) is 6.92 Å². The topological polar surface area (TPSA) is 83.6 Å². The SMILES string of the molecule is C#CCN(CC(C)C(=O)O)c1ccc(C(N)=O)cc1. The van der Waals surface area contributed by atoms with Gasteiger partial charge in [0, 0.05) is 17.8 Å². The molecule has 0 heterocycles. The Bertz CT molecular complexity index is 502. The summed E-state index contributed by atoms with van der Waals surface area (Å²) in [6, 6.07) is 6.58. The smallest absolute Gasteiger partial charge is 0.308 e. The highest BCUT2D eigenvalue weighted by molar-refractivity contribution is 5.93. The predicted octanol–water partition coefficient (Wildman–Crippen LogP) is 0.946. The molecule has 0 saturated carbocycles. The zero-order valence-corrected chi connectivity index (χ0v) is 10.7. The van der Waals surface area contributed by atoms with E-state index in [1.165, 1.54) is 0 Å². The first kappa shape index (κ1) is 14.6. The summed E-state index contributed by atoms with van der Waals surface area (Å²) in [5.74, 6) is 0.567. The maximum atomic E-state index is 11.0. The summed E-state index contributed by atoms with van der Waals surface area (Å²) >= 11 is 0. The number of carboxylic acids is 1. The van der Waals surface area contributed by atoms with E-state index < -0.39 is 17.8 Å². The van der Waals surface area contributed by atoms with Crippen LogP contribution in [0.1, 0.15) is 17.3 Å². The Balaban J connectivity index is 2.90. The van der Waals surface area contributed by atoms with E-state index in [9.17, 15) is 9.59 Å². The molecule has 0 aromatic heterocycles. The van der Waals surface area contributed by atoms with Gasteiger partial charge >= 0.3 is 5.97 Å². The Morgan fingerprint density at radius 2 is 2.00 bits per heavy atom. The third kappa shape index (κ3) is 4.03. The Kier molecular flexibility index (Phi) is 4.95. The van der Waals surface area contributed by atoms with Gasteiger partial charge in [-0.25, -0.2) is 0 Å². The molecule has 1 rings (SSSR count). The largest absolute Gasteiger partial charge is 0.481 e. The molecular formula is C14H16N2O3. The van der Waals surface area contributed by atoms with Gasteiger partial charge in [0.25, 0.3) is 0 Å². The van der Waals surface area contributed by atoms with Crippen LogP contribution < -0.4 is 10.6 Å². The first-order valence-electron chi connectivity index (χ1n) is 5.76. The fourth-order valence-electron chi connectivity index (χ4n) is 1.62. The van der Waals surface area contributed by atoms with Crippen LogP contribution in [0.2, 0.25) is 0 Å². The first-order chi connectivity index (χ1) is 8.95. The highest BCUT2D eigenvalue weighted by atomic mass is 16.4. The van der Waals surface area contributed by atoms with Crippen LogP contribution in [0, 0.1) is 18.3 Å². The molecule has 19 heavy (non-hydrogen) atoms. The highest BCUT2D eigenvalue weighted by Gasteiger charge is 2.16. The molecule has 0 aliphatic carbocycles. The Morgan fingerprint density at radius 1 is 1.42 bits per heavy atom. The van der Waals surface area contributed by atoms with E-state index in [1.54, 1.807) is 36.1 Å². The minimum absolute atomic E-state index is 0.299. The van der Waals surface area contributed by atoms with Gasteiger partial charge in [-0.2, -0.15) is 0 Å². The molecule has 0 aliphatic rings. The lowest BCUT2D eigenvalue weighted by atomic mass is 10.1. The van der Waals surface area contributed by atoms with Gasteiger partial charge in [-0.1, -0.05) is 12.8 Å². The number of primary amides is 1. The number of nitrogens with two attached hydrogens (primary N) is 1. The van der Waals surface area contributed by atoms with E-state index in [0.29, 0.717) is 18.7 Å². The molecule has 1 atom stereocenters. The number of carbonyl (C=O) groups excluding carboxylic acids is 1. The lowest BCUT2D eigenvalue weighted by Gasteiger charge is -2.24. The van der Waals surface area contributed by atoms with E-state index in [0.717, 1.165) is 5.69 Å². The van der Waals surface area contributed by atoms with Gasteiger partial charge in [-0.05, 0) is 24.3 Å². The van der Waals surface area contributed by atoms with Crippen LogP contribution in [0.4, 0.5) is 5.69 Å². The number of hydrogen-bond donors (Lipinski definition) is 2. The van der Waals surface area contributed by atoms with Crippen molar-refractivity contribution in [2.75, 3.05) is 18.0 Å². The third-order valence-electron chi connectivity index (χ3n) is 2.71. The second-order valence-corrected chi connectivity index (χ2v) is 4.24. The quantitative estimate of drug-likeness (QED) is 0.746. The lowest BCUT2D eigenvalue weighted by Crippen LogP contribution is -2.32. The lowest BCUT2D eigenvalue weighted by molar-refractivity contribution is -0.140. The van der Waals surface area contributed by atoms with Crippen LogP contribution in [0.3, 0.4) is 0 Å². The van der Waals surface area contributed by atoms with Crippen molar-refractivity contribution in [1.29, 1.82) is 0 Å². The maximum absolute atomic E-state index is 11.0. The number of amides is 1. The molecule has 3 N–H and O–H groups in total. The maximum Gasteiger partial charge on any atom is 0.308 e. The number of benzene rings is 1. The summed E-state index contributed by atoms with van der Waals surface area (Å²) in [4.78, 5) is 23.6. The van der Waals surface area contributed by atoms with Gasteiger partial charge in [0.15, 0.2) is 0 Å². The fraction of sp³-hybridized carbons (Fsp3) is 0.286. The minimum Gasteiger partial charge on any atom is -0.481 e. The number of anilines is 1. The molecule has 0 spiro atoms. The van der Waals surface area contributed by atoms with Crippen LogP contribution in [0.15, 0.2) is 24.3 Å². The van der Waals surface area contributed by atoms with E-state index in [1.807, 2.05) is 0 Å². The van der Waals surface area contributed by atoms with Crippen molar-refractivity contribution in [3.8, 4) is 12.3 Å². The number of nitrogens with zero attached hydrogens (tertiary/aromatic N) is 1. The van der Waals surface area contributed by atoms with Crippen LogP contribution in [0.25, 0.3) is 0 Å². The molecule has 5 heteroatoms. The number of carbonyl (C=O) groups is 2. The number of rotatable bonds is 6. The number of carboxylic acid groups (broad SMARTS) is 1. The normalized spacial score (nSPS) is 11.4. The number of terminal acetylenes is 1. The monoisotopic (exact) mass is 260 g/mol. The van der Waals surface area contributed by atoms with Crippen LogP contribution in [-0.4, -0.2) is 30.1 Å². The Morgan fingerprint density at radius 3 is 2.42 bits per heavy atom. The summed E-state index contributed by atoms with van der Waals surface area (Å²) in [6.07, 6.45) is 5.28. The zero-order valence-electron chi connectivity index (χ0n) is 10.7. The van der Waals surface area contributed by atoms with Gasteiger partial charge in [-0.3, -0.25) is 9.59 Å². The average molecular weight is 260 g/mol. The summed E-state index contributed by atoms with van der Waals surface area (Å²) in [5, 5.41) is 8.92. The molecule has 0 bridgehead atoms. The van der Waals surface area contributed by atoms with E-state index >= 15 is 0 Å². The van der Waals surface area contributed by atoms with Crippen molar-refractivity contribution in [3.63, 3.8) is 0 Å². The molecule has 1 aromatic carbocycles. The van der Waals surface area contributed by atoms with Gasteiger partial charge < -0.3 is 15.7 Å². The molecule has 0 aliphatic heterocycles. The van der Waals surface area contributed by atoms with E-state index in [-0.39, 0.29) is 0 Å². The standard InChI is InChI=1S/C14H16N2O3/c1-3-8-16(9-10(2)14(18)19)12-6-4-11(5-7-12)13(15)17/h1,4-7,10H,8-9H2,2H3,(H2,15,17)(H,18,19). The minimum atomic E-state index is -0.879. The Labute approximate surface area is 112 Å². The highest BCUT2D eigenvalue weighted by Crippen LogP contribution is 2.16. The fourth-order valence-corrected chi connectivity index (χ4v) is 1.62. The predicted molar refractivity (Wildman–Crippen MR) is 72.8 cm³/mol. The van der Waals surface area contributed by atoms with Crippen molar-refractivity contribution in [1.82, 2.24) is 0 Å². The van der Waals surface area contributed by atoms with Gasteiger partial charge in [-0.15, -0.1) is 6.42 Å². The number of aliphatic carboxylic acids is 1. The van der Waals surface area contributed by atoms with E-state index in [2.05, 4.69) is 5.92 Å². The van der Waals surface area contributed by atoms with Crippen molar-refractivity contribution < 1.29 is 14.7 Å². The summed E-state index contributed by atoms with van der Waals surface area (Å²) < 4.78 is 0. The van der Waals surface area contributed by atoms with E-state index in [4.69, 9.17) is 17.3 Å². The molecule has 0 radical (unpaired) electrons. The molecule has 1 unspecified atom stereocenters. The second-order valence-electron chi connectivity index (χ2n) is 4.24. The summed E-state index contributed by atoms with van der Waals surface area (Å²) in [6.45, 7) is 2.21. The van der Waals surface area contributed by atoms with Crippen LogP contribution in [0.5, 0.6) is 0 Å². The van der Waals surface area contributed by atoms with Crippen molar-refractivity contribution in [2.24, 2.45) is 11.7 Å². The Hall–Kier alpha value is -2.48. The third-order valence-corrected chi connectivity index (χ3v) is 2.71. The molecular weight excluding hydrogens is 244 g/mol. The van der Waals surface area contributed by atoms with Gasteiger partial charge in [0.1, 0.15) is 0 Å². The van der Waals surface area contributed by atoms with Crippen LogP contribution >= 0.6 is 0 Å². The molecule has 0 saturated heterocycles. The summed E-state index contributed by atoms with van der Waals surface area (Å²) in [5.41, 5.74) is 6.32. The second kappa shape index (κ2) is 6.45. The van der Waals surface area contributed by atoms with Crippen molar-refractivity contribution in [3.05, 3.63) is 29.8 Å². The zero-order chi connectivity index (χ0) is 14.4. The molecule has 0 fully saturated rings. The number of hydrogen-bond acceptors (Lipinski definition) is 3. The molecule has 1 amide bonds. The summed E-state index contributed by atoms with van der Waals surface area (Å²) in [7, 11) is 0. The van der Waals surface area contributed by atoms with Crippen LogP contribution in [-0.2, 0) is 4.79 Å². The first-order valence-corrected chi connectivity index (χ1v) is 5.76. The molecule has 5 nitrogen and oxygen atoms in total. The van der Waals surface area contributed by atoms with Gasteiger partial charge in [0.2, 0.25) is 5.91 Å². The molecule has 1 aromatic rings. The molecule has 100 valence electrons.